The zero-order valence-corrected chi connectivity index (χ0v) is 12.9. The smallest absolute Gasteiger partial charge is 0.223 e. The van der Waals surface area contributed by atoms with Gasteiger partial charge in [0.1, 0.15) is 10.8 Å². The highest BCUT2D eigenvalue weighted by molar-refractivity contribution is 7.11. The highest BCUT2D eigenvalue weighted by atomic mass is 32.1. The summed E-state index contributed by atoms with van der Waals surface area (Å²) >= 11 is 1.59. The largest absolute Gasteiger partial charge is 0.493 e. The van der Waals surface area contributed by atoms with E-state index in [1.165, 1.54) is 0 Å². The standard InChI is InChI=1S/C15H19N3O2S/c1-10-9-17-15(21-10)11(2)18-14(19)6-7-20-13-5-3-4-12(16)8-13/h3-5,8-9,11H,6-7,16H2,1-2H3,(H,18,19). The molecular formula is C15H19N3O2S. The lowest BCUT2D eigenvalue weighted by molar-refractivity contribution is -0.122. The number of hydrogen-bond donors (Lipinski definition) is 2. The van der Waals surface area contributed by atoms with Crippen LogP contribution in [0.4, 0.5) is 5.69 Å². The number of nitrogen functional groups attached to an aromatic ring is 1. The normalized spacial score (nSPS) is 11.9. The highest BCUT2D eigenvalue weighted by Crippen LogP contribution is 2.19. The minimum Gasteiger partial charge on any atom is -0.493 e. The maximum atomic E-state index is 11.9. The monoisotopic (exact) mass is 305 g/mol. The first-order valence-corrected chi connectivity index (χ1v) is 7.56. The fraction of sp³-hybridized carbons (Fsp3) is 0.333. The number of rotatable bonds is 6. The molecule has 3 N–H and O–H groups in total. The van der Waals surface area contributed by atoms with Gasteiger partial charge in [-0.3, -0.25) is 4.79 Å². The van der Waals surface area contributed by atoms with E-state index < -0.39 is 0 Å². The summed E-state index contributed by atoms with van der Waals surface area (Å²) in [4.78, 5) is 17.3. The molecule has 6 heteroatoms. The maximum absolute atomic E-state index is 11.9. The van der Waals surface area contributed by atoms with Crippen molar-refractivity contribution >= 4 is 22.9 Å². The van der Waals surface area contributed by atoms with Crippen molar-refractivity contribution in [2.24, 2.45) is 0 Å². The lowest BCUT2D eigenvalue weighted by atomic mass is 10.3. The Bertz CT molecular complexity index is 612. The Kier molecular flexibility index (Phi) is 5.16. The molecule has 1 aromatic carbocycles. The number of nitrogens with two attached hydrogens (primary N) is 1. The summed E-state index contributed by atoms with van der Waals surface area (Å²) in [6, 6.07) is 7.08. The zero-order chi connectivity index (χ0) is 15.2. The molecule has 0 aliphatic heterocycles. The van der Waals surface area contributed by atoms with E-state index in [0.29, 0.717) is 24.5 Å². The number of aryl methyl sites for hydroxylation is 1. The first kappa shape index (κ1) is 15.3. The average Bonchev–Trinajstić information content (AvgIpc) is 2.85. The molecule has 1 amide bonds. The number of nitrogens with one attached hydrogen (secondary N) is 1. The number of benzene rings is 1. The first-order chi connectivity index (χ1) is 10.0. The number of hydrogen-bond acceptors (Lipinski definition) is 5. The predicted molar refractivity (Wildman–Crippen MR) is 84.4 cm³/mol. The van der Waals surface area contributed by atoms with Gasteiger partial charge >= 0.3 is 0 Å². The van der Waals surface area contributed by atoms with Crippen molar-refractivity contribution in [2.75, 3.05) is 12.3 Å². The van der Waals surface area contributed by atoms with Gasteiger partial charge in [-0.2, -0.15) is 0 Å². The van der Waals surface area contributed by atoms with Gasteiger partial charge in [0.2, 0.25) is 5.91 Å². The van der Waals surface area contributed by atoms with Crippen LogP contribution in [0.2, 0.25) is 0 Å². The molecule has 0 aliphatic carbocycles. The maximum Gasteiger partial charge on any atom is 0.223 e. The molecule has 21 heavy (non-hydrogen) atoms. The predicted octanol–water partition coefficient (Wildman–Crippen LogP) is 2.68. The number of nitrogens with zero attached hydrogens (tertiary/aromatic N) is 1. The number of thiazole rings is 1. The molecule has 1 heterocycles. The summed E-state index contributed by atoms with van der Waals surface area (Å²) in [6.45, 7) is 4.24. The van der Waals surface area contributed by atoms with Crippen molar-refractivity contribution in [3.63, 3.8) is 0 Å². The van der Waals surface area contributed by atoms with Crippen LogP contribution in [-0.2, 0) is 4.79 Å². The summed E-state index contributed by atoms with van der Waals surface area (Å²) in [5.41, 5.74) is 6.30. The van der Waals surface area contributed by atoms with Crippen LogP contribution in [0.15, 0.2) is 30.5 Å². The van der Waals surface area contributed by atoms with Gasteiger partial charge < -0.3 is 15.8 Å². The minimum absolute atomic E-state index is 0.0562. The van der Waals surface area contributed by atoms with E-state index in [-0.39, 0.29) is 11.9 Å². The Morgan fingerprint density at radius 1 is 1.52 bits per heavy atom. The Balaban J connectivity index is 1.75. The number of ether oxygens (including phenoxy) is 1. The second kappa shape index (κ2) is 7.08. The Labute approximate surface area is 128 Å². The molecule has 0 spiro atoms. The molecule has 2 aromatic rings. The van der Waals surface area contributed by atoms with Gasteiger partial charge in [-0.05, 0) is 26.0 Å². The molecule has 2 rings (SSSR count). The zero-order valence-electron chi connectivity index (χ0n) is 12.1. The lowest BCUT2D eigenvalue weighted by Gasteiger charge is -2.11. The van der Waals surface area contributed by atoms with E-state index in [1.807, 2.05) is 32.2 Å². The van der Waals surface area contributed by atoms with Gasteiger partial charge in [0.15, 0.2) is 0 Å². The molecule has 0 saturated carbocycles. The number of carbonyl (C=O) groups excluding carboxylic acids is 1. The van der Waals surface area contributed by atoms with Crippen LogP contribution in [0.25, 0.3) is 0 Å². The van der Waals surface area contributed by atoms with Crippen LogP contribution < -0.4 is 15.8 Å². The van der Waals surface area contributed by atoms with E-state index in [0.717, 1.165) is 9.88 Å². The third-order valence-corrected chi connectivity index (χ3v) is 3.94. The van der Waals surface area contributed by atoms with Crippen LogP contribution in [-0.4, -0.2) is 17.5 Å². The molecule has 112 valence electrons. The van der Waals surface area contributed by atoms with E-state index in [1.54, 1.807) is 23.5 Å². The van der Waals surface area contributed by atoms with Crippen LogP contribution in [0.1, 0.15) is 29.3 Å². The lowest BCUT2D eigenvalue weighted by Crippen LogP contribution is -2.27. The second-order valence-electron chi connectivity index (χ2n) is 4.77. The summed E-state index contributed by atoms with van der Waals surface area (Å²) in [5, 5.41) is 3.83. The van der Waals surface area contributed by atoms with E-state index in [2.05, 4.69) is 10.3 Å². The van der Waals surface area contributed by atoms with Crippen molar-refractivity contribution in [2.45, 2.75) is 26.3 Å². The van der Waals surface area contributed by atoms with Crippen LogP contribution in [0, 0.1) is 6.92 Å². The molecule has 1 atom stereocenters. The Morgan fingerprint density at radius 2 is 2.33 bits per heavy atom. The SMILES string of the molecule is Cc1cnc(C(C)NC(=O)CCOc2cccc(N)c2)s1. The van der Waals surface area contributed by atoms with Gasteiger partial charge in [0, 0.05) is 22.8 Å². The summed E-state index contributed by atoms with van der Waals surface area (Å²) in [6.07, 6.45) is 2.11. The summed E-state index contributed by atoms with van der Waals surface area (Å²) in [5.74, 6) is 0.616. The fourth-order valence-electron chi connectivity index (χ4n) is 1.81. The van der Waals surface area contributed by atoms with E-state index >= 15 is 0 Å². The van der Waals surface area contributed by atoms with Crippen molar-refractivity contribution in [3.05, 3.63) is 40.3 Å². The minimum atomic E-state index is -0.0800. The summed E-state index contributed by atoms with van der Waals surface area (Å²) < 4.78 is 5.50. The van der Waals surface area contributed by atoms with Crippen molar-refractivity contribution < 1.29 is 9.53 Å². The van der Waals surface area contributed by atoms with Crippen molar-refractivity contribution in [3.8, 4) is 5.75 Å². The Morgan fingerprint density at radius 3 is 3.00 bits per heavy atom. The number of anilines is 1. The summed E-state index contributed by atoms with van der Waals surface area (Å²) in [7, 11) is 0. The number of aromatic nitrogens is 1. The third kappa shape index (κ3) is 4.75. The van der Waals surface area contributed by atoms with Crippen molar-refractivity contribution in [1.29, 1.82) is 0 Å². The Hall–Kier alpha value is -2.08. The highest BCUT2D eigenvalue weighted by Gasteiger charge is 2.12. The van der Waals surface area contributed by atoms with Gasteiger partial charge in [-0.1, -0.05) is 6.07 Å². The van der Waals surface area contributed by atoms with Gasteiger partial charge in [0.25, 0.3) is 0 Å². The van der Waals surface area contributed by atoms with Crippen LogP contribution in [0.5, 0.6) is 5.75 Å². The number of carbonyl (C=O) groups is 1. The molecule has 0 saturated heterocycles. The molecule has 1 aromatic heterocycles. The average molecular weight is 305 g/mol. The molecule has 0 bridgehead atoms. The second-order valence-corrected chi connectivity index (χ2v) is 6.04. The fourth-order valence-corrected chi connectivity index (χ4v) is 2.59. The molecule has 0 radical (unpaired) electrons. The van der Waals surface area contributed by atoms with E-state index in [9.17, 15) is 4.79 Å². The van der Waals surface area contributed by atoms with Crippen LogP contribution >= 0.6 is 11.3 Å². The first-order valence-electron chi connectivity index (χ1n) is 6.74. The molecular weight excluding hydrogens is 286 g/mol. The molecule has 1 unspecified atom stereocenters. The number of amides is 1. The third-order valence-electron chi connectivity index (χ3n) is 2.84. The van der Waals surface area contributed by atoms with Gasteiger partial charge in [0.05, 0.1) is 19.1 Å². The van der Waals surface area contributed by atoms with Gasteiger partial charge in [-0.15, -0.1) is 11.3 Å². The molecule has 0 aliphatic rings. The van der Waals surface area contributed by atoms with Crippen molar-refractivity contribution in [1.82, 2.24) is 10.3 Å². The van der Waals surface area contributed by atoms with Crippen LogP contribution in [0.3, 0.4) is 0 Å². The van der Waals surface area contributed by atoms with Gasteiger partial charge in [-0.25, -0.2) is 4.98 Å². The molecule has 5 nitrogen and oxygen atoms in total. The topological polar surface area (TPSA) is 77.2 Å². The molecule has 0 fully saturated rings. The quantitative estimate of drug-likeness (QED) is 0.804. The van der Waals surface area contributed by atoms with E-state index in [4.69, 9.17) is 10.5 Å².